The lowest BCUT2D eigenvalue weighted by Gasteiger charge is -2.31. The molecule has 1 aromatic heterocycles. The van der Waals surface area contributed by atoms with E-state index in [2.05, 4.69) is 26.2 Å². The number of ether oxygens (including phenoxy) is 2. The van der Waals surface area contributed by atoms with Crippen LogP contribution in [0.1, 0.15) is 33.4 Å². The number of halogens is 1. The first-order valence-corrected chi connectivity index (χ1v) is 7.08. The van der Waals surface area contributed by atoms with Crippen LogP contribution >= 0.6 is 15.9 Å². The third kappa shape index (κ3) is 5.09. The normalized spacial score (nSPS) is 14.5. The van der Waals surface area contributed by atoms with E-state index in [-0.39, 0.29) is 6.61 Å². The summed E-state index contributed by atoms with van der Waals surface area (Å²) in [4.78, 5) is 16.3. The Balaban J connectivity index is 2.95. The van der Waals surface area contributed by atoms with Gasteiger partial charge in [0.2, 0.25) is 0 Å². The smallest absolute Gasteiger partial charge is 0.408 e. The molecular formula is C14H21BrN2O3. The van der Waals surface area contributed by atoms with Gasteiger partial charge in [0.1, 0.15) is 11.1 Å². The SMILES string of the molecule is COC[C@](C)(NC(=O)OC(C)(C)C)c1cc(Br)ccn1. The van der Waals surface area contributed by atoms with Crippen LogP contribution in [0, 0.1) is 0 Å². The fraction of sp³-hybridized carbons (Fsp3) is 0.571. The molecule has 0 saturated heterocycles. The van der Waals surface area contributed by atoms with Crippen LogP contribution in [0.5, 0.6) is 0 Å². The molecule has 1 aromatic rings. The maximum Gasteiger partial charge on any atom is 0.408 e. The zero-order valence-corrected chi connectivity index (χ0v) is 14.1. The summed E-state index contributed by atoms with van der Waals surface area (Å²) in [6, 6.07) is 3.67. The van der Waals surface area contributed by atoms with Crippen molar-refractivity contribution in [3.05, 3.63) is 28.5 Å². The first-order valence-electron chi connectivity index (χ1n) is 6.28. The third-order valence-electron chi connectivity index (χ3n) is 2.50. The number of pyridine rings is 1. The average molecular weight is 345 g/mol. The Hall–Kier alpha value is -1.14. The molecule has 1 amide bonds. The van der Waals surface area contributed by atoms with Gasteiger partial charge in [0.25, 0.3) is 0 Å². The van der Waals surface area contributed by atoms with Gasteiger partial charge in [-0.05, 0) is 39.8 Å². The molecule has 0 unspecified atom stereocenters. The second-order valence-corrected chi connectivity index (χ2v) is 6.67. The number of hydrogen-bond acceptors (Lipinski definition) is 4. The number of hydrogen-bond donors (Lipinski definition) is 1. The van der Waals surface area contributed by atoms with Crippen LogP contribution in [0.4, 0.5) is 4.79 Å². The number of methoxy groups -OCH3 is 1. The average Bonchev–Trinajstić information content (AvgIpc) is 2.26. The fourth-order valence-electron chi connectivity index (χ4n) is 1.70. The van der Waals surface area contributed by atoms with Crippen molar-refractivity contribution in [2.75, 3.05) is 13.7 Å². The van der Waals surface area contributed by atoms with E-state index in [9.17, 15) is 4.79 Å². The molecule has 112 valence electrons. The van der Waals surface area contributed by atoms with E-state index >= 15 is 0 Å². The van der Waals surface area contributed by atoms with Crippen LogP contribution in [-0.4, -0.2) is 30.4 Å². The molecule has 1 rings (SSSR count). The van der Waals surface area contributed by atoms with E-state index in [1.165, 1.54) is 0 Å². The predicted molar refractivity (Wildman–Crippen MR) is 80.5 cm³/mol. The maximum absolute atomic E-state index is 12.0. The molecule has 0 spiro atoms. The summed E-state index contributed by atoms with van der Waals surface area (Å²) in [5.41, 5.74) is -0.622. The Labute approximate surface area is 128 Å². The highest BCUT2D eigenvalue weighted by molar-refractivity contribution is 9.10. The summed E-state index contributed by atoms with van der Waals surface area (Å²) >= 11 is 3.40. The number of alkyl carbamates (subject to hydrolysis) is 1. The van der Waals surface area contributed by atoms with Crippen LogP contribution in [0.15, 0.2) is 22.8 Å². The molecule has 0 aliphatic heterocycles. The Kier molecular flexibility index (Phi) is 5.53. The summed E-state index contributed by atoms with van der Waals surface area (Å²) in [6.07, 6.45) is 1.17. The van der Waals surface area contributed by atoms with Crippen molar-refractivity contribution in [2.45, 2.75) is 38.8 Å². The fourth-order valence-corrected chi connectivity index (χ4v) is 2.03. The Bertz CT molecular complexity index is 474. The topological polar surface area (TPSA) is 60.5 Å². The zero-order chi connectivity index (χ0) is 15.4. The van der Waals surface area contributed by atoms with Gasteiger partial charge < -0.3 is 14.8 Å². The molecule has 0 aliphatic carbocycles. The van der Waals surface area contributed by atoms with Crippen LogP contribution in [0.2, 0.25) is 0 Å². The van der Waals surface area contributed by atoms with Gasteiger partial charge in [0.05, 0.1) is 12.3 Å². The predicted octanol–water partition coefficient (Wildman–Crippen LogP) is 3.23. The van der Waals surface area contributed by atoms with Gasteiger partial charge in [-0.25, -0.2) is 4.79 Å². The highest BCUT2D eigenvalue weighted by atomic mass is 79.9. The summed E-state index contributed by atoms with van der Waals surface area (Å²) < 4.78 is 11.4. The number of amides is 1. The lowest BCUT2D eigenvalue weighted by molar-refractivity contribution is 0.0370. The molecular weight excluding hydrogens is 324 g/mol. The first kappa shape index (κ1) is 16.9. The Morgan fingerprint density at radius 2 is 2.05 bits per heavy atom. The van der Waals surface area contributed by atoms with Crippen LogP contribution in [0.25, 0.3) is 0 Å². The quantitative estimate of drug-likeness (QED) is 0.910. The molecule has 1 heterocycles. The van der Waals surface area contributed by atoms with Gasteiger partial charge in [-0.3, -0.25) is 4.98 Å². The van der Waals surface area contributed by atoms with Crippen LogP contribution < -0.4 is 5.32 Å². The summed E-state index contributed by atoms with van der Waals surface area (Å²) in [5.74, 6) is 0. The number of rotatable bonds is 4. The maximum atomic E-state index is 12.0. The first-order chi connectivity index (χ1) is 9.16. The molecule has 0 fully saturated rings. The molecule has 1 atom stereocenters. The molecule has 0 bridgehead atoms. The van der Waals surface area contributed by atoms with Crippen molar-refractivity contribution >= 4 is 22.0 Å². The zero-order valence-electron chi connectivity index (χ0n) is 12.5. The van der Waals surface area contributed by atoms with E-state index in [1.807, 2.05) is 39.8 Å². The van der Waals surface area contributed by atoms with Gasteiger partial charge >= 0.3 is 6.09 Å². The number of aromatic nitrogens is 1. The second-order valence-electron chi connectivity index (χ2n) is 5.75. The minimum absolute atomic E-state index is 0.287. The van der Waals surface area contributed by atoms with E-state index in [4.69, 9.17) is 9.47 Å². The van der Waals surface area contributed by atoms with E-state index in [0.717, 1.165) is 4.47 Å². The highest BCUT2D eigenvalue weighted by Gasteiger charge is 2.32. The minimum atomic E-state index is -0.763. The lowest BCUT2D eigenvalue weighted by atomic mass is 9.98. The van der Waals surface area contributed by atoms with Gasteiger partial charge in [0.15, 0.2) is 0 Å². The van der Waals surface area contributed by atoms with Crippen LogP contribution in [0.3, 0.4) is 0 Å². The molecule has 1 N–H and O–H groups in total. The summed E-state index contributed by atoms with van der Waals surface area (Å²) in [7, 11) is 1.58. The third-order valence-corrected chi connectivity index (χ3v) is 2.99. The standard InChI is InChI=1S/C14H21BrN2O3/c1-13(2,3)20-12(18)17-14(4,9-19-5)11-8-10(15)6-7-16-11/h6-8H,9H2,1-5H3,(H,17,18)/t14-/m0/s1. The molecule has 20 heavy (non-hydrogen) atoms. The summed E-state index contributed by atoms with van der Waals surface area (Å²) in [5, 5.41) is 2.82. The Morgan fingerprint density at radius 3 is 2.55 bits per heavy atom. The highest BCUT2D eigenvalue weighted by Crippen LogP contribution is 2.23. The van der Waals surface area contributed by atoms with Crippen LogP contribution in [-0.2, 0) is 15.0 Å². The van der Waals surface area contributed by atoms with E-state index in [1.54, 1.807) is 13.3 Å². The van der Waals surface area contributed by atoms with E-state index < -0.39 is 17.2 Å². The number of carbonyl (C=O) groups excluding carboxylic acids is 1. The lowest BCUT2D eigenvalue weighted by Crippen LogP contribution is -2.49. The Morgan fingerprint density at radius 1 is 1.40 bits per heavy atom. The summed E-state index contributed by atoms with van der Waals surface area (Å²) in [6.45, 7) is 7.58. The van der Waals surface area contributed by atoms with Gasteiger partial charge in [-0.15, -0.1) is 0 Å². The van der Waals surface area contributed by atoms with Crippen molar-refractivity contribution in [3.8, 4) is 0 Å². The molecule has 0 radical (unpaired) electrons. The monoisotopic (exact) mass is 344 g/mol. The molecule has 0 saturated carbocycles. The number of nitrogens with zero attached hydrogens (tertiary/aromatic N) is 1. The van der Waals surface area contributed by atoms with E-state index in [0.29, 0.717) is 5.69 Å². The van der Waals surface area contributed by atoms with Gasteiger partial charge in [-0.2, -0.15) is 0 Å². The molecule has 0 aliphatic rings. The van der Waals surface area contributed by atoms with Gasteiger partial charge in [-0.1, -0.05) is 15.9 Å². The minimum Gasteiger partial charge on any atom is -0.444 e. The molecule has 0 aromatic carbocycles. The van der Waals surface area contributed by atoms with Crippen molar-refractivity contribution in [1.29, 1.82) is 0 Å². The largest absolute Gasteiger partial charge is 0.444 e. The van der Waals surface area contributed by atoms with Crippen molar-refractivity contribution < 1.29 is 14.3 Å². The van der Waals surface area contributed by atoms with Crippen molar-refractivity contribution in [1.82, 2.24) is 10.3 Å². The van der Waals surface area contributed by atoms with Crippen molar-refractivity contribution in [2.24, 2.45) is 0 Å². The molecule has 5 nitrogen and oxygen atoms in total. The molecule has 6 heteroatoms. The van der Waals surface area contributed by atoms with Gasteiger partial charge in [0, 0.05) is 17.8 Å². The second kappa shape index (κ2) is 6.54. The number of nitrogens with one attached hydrogen (secondary N) is 1. The van der Waals surface area contributed by atoms with Crippen molar-refractivity contribution in [3.63, 3.8) is 0 Å². The number of carbonyl (C=O) groups is 1.